The van der Waals surface area contributed by atoms with Gasteiger partial charge in [-0.3, -0.25) is 9.59 Å². The quantitative estimate of drug-likeness (QED) is 0.827. The second-order valence-corrected chi connectivity index (χ2v) is 5.56. The number of aromatic carboxylic acids is 1. The van der Waals surface area contributed by atoms with Gasteiger partial charge in [0.05, 0.1) is 12.0 Å². The second-order valence-electron chi connectivity index (χ2n) is 5.56. The van der Waals surface area contributed by atoms with Gasteiger partial charge in [-0.1, -0.05) is 24.3 Å². The predicted molar refractivity (Wildman–Crippen MR) is 82.0 cm³/mol. The Morgan fingerprint density at radius 3 is 2.09 bits per heavy atom. The highest BCUT2D eigenvalue weighted by Crippen LogP contribution is 2.25. The lowest BCUT2D eigenvalue weighted by Gasteiger charge is -2.19. The van der Waals surface area contributed by atoms with E-state index in [1.165, 1.54) is 23.8 Å². The molecule has 2 aromatic carbocycles. The van der Waals surface area contributed by atoms with Crippen LogP contribution in [0.4, 0.5) is 0 Å². The van der Waals surface area contributed by atoms with Crippen LogP contribution in [0.1, 0.15) is 43.0 Å². The number of hydrogen-bond acceptors (Lipinski definition) is 3. The molecule has 0 aliphatic heterocycles. The Morgan fingerprint density at radius 2 is 1.52 bits per heavy atom. The Balaban J connectivity index is 1.97. The van der Waals surface area contributed by atoms with Crippen molar-refractivity contribution in [1.29, 1.82) is 0 Å². The fourth-order valence-corrected chi connectivity index (χ4v) is 2.74. The highest BCUT2D eigenvalue weighted by Gasteiger charge is 2.19. The molecule has 0 heterocycles. The molecule has 0 amide bonds. The Bertz CT molecular complexity index is 835. The van der Waals surface area contributed by atoms with Gasteiger partial charge in [-0.05, 0) is 41.7 Å². The number of hydrogen-bond donors (Lipinski definition) is 2. The number of rotatable bonds is 5. The lowest BCUT2D eigenvalue weighted by atomic mass is 9.86. The van der Waals surface area contributed by atoms with Crippen LogP contribution in [0.2, 0.25) is 0 Å². The maximum Gasteiger partial charge on any atom is 0.336 e. The molecule has 1 aliphatic rings. The normalized spacial score (nSPS) is 12.2. The van der Waals surface area contributed by atoms with Crippen molar-refractivity contribution in [2.75, 3.05) is 0 Å². The average Bonchev–Trinajstić information content (AvgIpc) is 2.47. The number of carboxylic acids is 2. The molecule has 2 N–H and O–H groups in total. The number of aliphatic carboxylic acids is 1. The molecule has 0 bridgehead atoms. The highest BCUT2D eigenvalue weighted by molar-refractivity contribution is 6.10. The molecule has 2 aromatic rings. The first-order chi connectivity index (χ1) is 11.0. The highest BCUT2D eigenvalue weighted by atomic mass is 16.4. The summed E-state index contributed by atoms with van der Waals surface area (Å²) in [6, 6.07) is 9.63. The lowest BCUT2D eigenvalue weighted by Crippen LogP contribution is -2.12. The lowest BCUT2D eigenvalue weighted by molar-refractivity contribution is -0.136. The van der Waals surface area contributed by atoms with Crippen LogP contribution in [0.3, 0.4) is 0 Å². The van der Waals surface area contributed by atoms with E-state index < -0.39 is 18.4 Å². The van der Waals surface area contributed by atoms with E-state index in [0.29, 0.717) is 5.56 Å². The van der Waals surface area contributed by atoms with Crippen LogP contribution < -0.4 is 0 Å². The first-order valence-corrected chi connectivity index (χ1v) is 7.20. The number of benzene rings is 2. The number of carbonyl (C=O) groups is 3. The van der Waals surface area contributed by atoms with Gasteiger partial charge in [0.1, 0.15) is 0 Å². The third-order valence-electron chi connectivity index (χ3n) is 4.08. The van der Waals surface area contributed by atoms with Crippen LogP contribution in [-0.4, -0.2) is 27.9 Å². The van der Waals surface area contributed by atoms with Gasteiger partial charge >= 0.3 is 11.9 Å². The molecule has 23 heavy (non-hydrogen) atoms. The molecule has 0 radical (unpaired) electrons. The zero-order valence-electron chi connectivity index (χ0n) is 12.2. The van der Waals surface area contributed by atoms with Crippen molar-refractivity contribution < 1.29 is 24.6 Å². The summed E-state index contributed by atoms with van der Waals surface area (Å²) in [5.74, 6) is -2.62. The molecule has 0 aromatic heterocycles. The van der Waals surface area contributed by atoms with E-state index in [0.717, 1.165) is 18.4 Å². The van der Waals surface area contributed by atoms with Gasteiger partial charge in [-0.2, -0.15) is 0 Å². The summed E-state index contributed by atoms with van der Waals surface area (Å²) < 4.78 is 0. The molecule has 5 nitrogen and oxygen atoms in total. The number of carbonyl (C=O) groups excluding carboxylic acids is 1. The Labute approximate surface area is 132 Å². The fourth-order valence-electron chi connectivity index (χ4n) is 2.74. The van der Waals surface area contributed by atoms with Gasteiger partial charge in [0, 0.05) is 11.1 Å². The Morgan fingerprint density at radius 1 is 0.870 bits per heavy atom. The van der Waals surface area contributed by atoms with Crippen LogP contribution in [0.25, 0.3) is 0 Å². The second kappa shape index (κ2) is 5.68. The third kappa shape index (κ3) is 2.85. The summed E-state index contributed by atoms with van der Waals surface area (Å²) in [6.45, 7) is 0. The van der Waals surface area contributed by atoms with E-state index in [-0.39, 0.29) is 22.5 Å². The number of fused-ring (bicyclic) bond motifs is 1. The summed E-state index contributed by atoms with van der Waals surface area (Å²) >= 11 is 0. The van der Waals surface area contributed by atoms with Crippen LogP contribution in [0.5, 0.6) is 0 Å². The molecule has 0 saturated heterocycles. The predicted octanol–water partition coefficient (Wildman–Crippen LogP) is 2.34. The van der Waals surface area contributed by atoms with Gasteiger partial charge in [0.15, 0.2) is 5.78 Å². The third-order valence-corrected chi connectivity index (χ3v) is 4.08. The van der Waals surface area contributed by atoms with Crippen molar-refractivity contribution in [3.05, 3.63) is 69.8 Å². The van der Waals surface area contributed by atoms with Gasteiger partial charge in [0.2, 0.25) is 0 Å². The van der Waals surface area contributed by atoms with Crippen LogP contribution in [0.15, 0.2) is 36.4 Å². The fraction of sp³-hybridized carbons (Fsp3) is 0.167. The van der Waals surface area contributed by atoms with Crippen LogP contribution >= 0.6 is 0 Å². The summed E-state index contributed by atoms with van der Waals surface area (Å²) in [7, 11) is 0. The number of ketones is 1. The van der Waals surface area contributed by atoms with Crippen molar-refractivity contribution in [3.8, 4) is 0 Å². The van der Waals surface area contributed by atoms with E-state index in [1.54, 1.807) is 6.07 Å². The molecule has 0 unspecified atom stereocenters. The molecule has 5 heteroatoms. The molecular weight excluding hydrogens is 296 g/mol. The molecule has 3 rings (SSSR count). The van der Waals surface area contributed by atoms with Crippen LogP contribution in [-0.2, 0) is 24.1 Å². The zero-order chi connectivity index (χ0) is 16.6. The van der Waals surface area contributed by atoms with Gasteiger partial charge in [-0.15, -0.1) is 0 Å². The van der Waals surface area contributed by atoms with E-state index in [9.17, 15) is 19.5 Å². The smallest absolute Gasteiger partial charge is 0.336 e. The van der Waals surface area contributed by atoms with E-state index >= 15 is 0 Å². The minimum Gasteiger partial charge on any atom is -0.481 e. The van der Waals surface area contributed by atoms with Crippen molar-refractivity contribution in [1.82, 2.24) is 0 Å². The first kappa shape index (κ1) is 15.0. The summed E-state index contributed by atoms with van der Waals surface area (Å²) in [4.78, 5) is 34.7. The molecular formula is C18H14O5. The summed E-state index contributed by atoms with van der Waals surface area (Å²) in [5.41, 5.74) is 3.18. The van der Waals surface area contributed by atoms with E-state index in [2.05, 4.69) is 0 Å². The monoisotopic (exact) mass is 310 g/mol. The van der Waals surface area contributed by atoms with Crippen LogP contribution in [0, 0.1) is 0 Å². The molecule has 0 fully saturated rings. The van der Waals surface area contributed by atoms with Gasteiger partial charge in [-0.25, -0.2) is 4.79 Å². The maximum atomic E-state index is 12.5. The minimum atomic E-state index is -1.24. The van der Waals surface area contributed by atoms with Crippen molar-refractivity contribution >= 4 is 17.7 Å². The topological polar surface area (TPSA) is 91.7 Å². The van der Waals surface area contributed by atoms with E-state index in [4.69, 9.17) is 5.11 Å². The molecule has 0 atom stereocenters. The van der Waals surface area contributed by atoms with Gasteiger partial charge < -0.3 is 10.2 Å². The zero-order valence-corrected chi connectivity index (χ0v) is 12.2. The maximum absolute atomic E-state index is 12.5. The average molecular weight is 310 g/mol. The summed E-state index contributed by atoms with van der Waals surface area (Å²) in [6.07, 6.45) is 1.58. The van der Waals surface area contributed by atoms with Crippen molar-refractivity contribution in [2.45, 2.75) is 19.3 Å². The SMILES string of the molecule is O=C(O)Cc1ccc(C(=O)c2ccc3c(c2)CC3)cc1C(=O)O. The molecule has 0 spiro atoms. The van der Waals surface area contributed by atoms with E-state index in [1.807, 2.05) is 12.1 Å². The minimum absolute atomic E-state index is 0.151. The largest absolute Gasteiger partial charge is 0.481 e. The first-order valence-electron chi connectivity index (χ1n) is 7.20. The molecule has 0 saturated carbocycles. The Hall–Kier alpha value is -2.95. The summed E-state index contributed by atoms with van der Waals surface area (Å²) in [5, 5.41) is 18.1. The number of aryl methyl sites for hydroxylation is 2. The number of carboxylic acid groups (broad SMARTS) is 2. The van der Waals surface area contributed by atoms with Crippen molar-refractivity contribution in [2.24, 2.45) is 0 Å². The standard InChI is InChI=1S/C18H14O5/c19-16(20)9-12-4-6-14(8-15(12)18(22)23)17(21)13-5-2-10-1-3-11(10)7-13/h2,4-8H,1,3,9H2,(H,19,20)(H,22,23). The molecule has 1 aliphatic carbocycles. The van der Waals surface area contributed by atoms with Gasteiger partial charge in [0.25, 0.3) is 0 Å². The Kier molecular flexibility index (Phi) is 3.70. The molecule has 116 valence electrons. The van der Waals surface area contributed by atoms with Crippen molar-refractivity contribution in [3.63, 3.8) is 0 Å².